The van der Waals surface area contributed by atoms with E-state index in [1.54, 1.807) is 49.4 Å². The van der Waals surface area contributed by atoms with Crippen molar-refractivity contribution in [2.45, 2.75) is 38.4 Å². The van der Waals surface area contributed by atoms with Gasteiger partial charge in [-0.2, -0.15) is 0 Å². The molecule has 0 spiro atoms. The second-order valence-corrected chi connectivity index (χ2v) is 7.91. The Labute approximate surface area is 180 Å². The van der Waals surface area contributed by atoms with Crippen LogP contribution in [0.1, 0.15) is 30.9 Å². The van der Waals surface area contributed by atoms with Crippen molar-refractivity contribution < 1.29 is 22.6 Å². The molecule has 2 aromatic rings. The van der Waals surface area contributed by atoms with Gasteiger partial charge < -0.3 is 9.47 Å². The molecule has 1 saturated heterocycles. The van der Waals surface area contributed by atoms with Crippen LogP contribution in [0.2, 0.25) is 0 Å². The van der Waals surface area contributed by atoms with Crippen LogP contribution in [0, 0.1) is 5.82 Å². The Morgan fingerprint density at radius 2 is 1.58 bits per heavy atom. The Bertz CT molecular complexity index is 1020. The summed E-state index contributed by atoms with van der Waals surface area (Å²) < 4.78 is 54.5. The average molecular weight is 426 g/mol. The number of halogens is 3. The van der Waals surface area contributed by atoms with Crippen molar-refractivity contribution in [2.75, 3.05) is 13.2 Å². The van der Waals surface area contributed by atoms with Gasteiger partial charge in [-0.1, -0.05) is 54.6 Å². The van der Waals surface area contributed by atoms with Crippen LogP contribution in [0.15, 0.2) is 72.3 Å². The summed E-state index contributed by atoms with van der Waals surface area (Å²) in [5.74, 6) is -0.374. The first kappa shape index (κ1) is 21.6. The van der Waals surface area contributed by atoms with Crippen molar-refractivity contribution in [1.82, 2.24) is 0 Å². The first-order valence-corrected chi connectivity index (χ1v) is 10.4. The molecule has 0 N–H and O–H groups in total. The molecular weight excluding hydrogens is 401 g/mol. The van der Waals surface area contributed by atoms with Crippen LogP contribution in [0.25, 0.3) is 16.7 Å². The van der Waals surface area contributed by atoms with Gasteiger partial charge in [-0.05, 0) is 53.8 Å². The SMILES string of the molecule is C/C=C/C1OCC(c2ccc(-c3ccc(C4=CC=C(C)C(F)C4F)cc3)c(F)c2)CO1. The van der Waals surface area contributed by atoms with E-state index >= 15 is 0 Å². The predicted molar refractivity (Wildman–Crippen MR) is 117 cm³/mol. The molecule has 1 fully saturated rings. The summed E-state index contributed by atoms with van der Waals surface area (Å²) in [5, 5.41) is 0. The third-order valence-corrected chi connectivity index (χ3v) is 5.78. The molecule has 2 aromatic carbocycles. The first-order chi connectivity index (χ1) is 15.0. The van der Waals surface area contributed by atoms with Gasteiger partial charge in [-0.25, -0.2) is 13.2 Å². The average Bonchev–Trinajstić information content (AvgIpc) is 2.79. The highest BCUT2D eigenvalue weighted by atomic mass is 19.2. The molecule has 0 saturated carbocycles. The van der Waals surface area contributed by atoms with Gasteiger partial charge in [0.05, 0.1) is 13.2 Å². The lowest BCUT2D eigenvalue weighted by molar-refractivity contribution is -0.159. The number of rotatable bonds is 4. The lowest BCUT2D eigenvalue weighted by Crippen LogP contribution is -2.29. The van der Waals surface area contributed by atoms with Gasteiger partial charge in [-0.15, -0.1) is 0 Å². The number of benzene rings is 2. The fraction of sp³-hybridized carbons (Fsp3) is 0.308. The summed E-state index contributed by atoms with van der Waals surface area (Å²) in [7, 11) is 0. The van der Waals surface area contributed by atoms with Gasteiger partial charge in [0.15, 0.2) is 18.6 Å². The second-order valence-electron chi connectivity index (χ2n) is 7.91. The monoisotopic (exact) mass is 426 g/mol. The van der Waals surface area contributed by atoms with Crippen molar-refractivity contribution in [2.24, 2.45) is 0 Å². The van der Waals surface area contributed by atoms with Crippen LogP contribution < -0.4 is 0 Å². The second kappa shape index (κ2) is 9.25. The summed E-state index contributed by atoms with van der Waals surface area (Å²) in [6.07, 6.45) is 3.24. The number of ether oxygens (including phenoxy) is 2. The van der Waals surface area contributed by atoms with E-state index < -0.39 is 12.3 Å². The van der Waals surface area contributed by atoms with Crippen molar-refractivity contribution in [3.63, 3.8) is 0 Å². The quantitative estimate of drug-likeness (QED) is 0.517. The molecule has 31 heavy (non-hydrogen) atoms. The maximum Gasteiger partial charge on any atom is 0.176 e. The van der Waals surface area contributed by atoms with Gasteiger partial charge in [0.25, 0.3) is 0 Å². The predicted octanol–water partition coefficient (Wildman–Crippen LogP) is 6.54. The number of alkyl halides is 2. The molecule has 1 heterocycles. The van der Waals surface area contributed by atoms with Crippen LogP contribution >= 0.6 is 0 Å². The smallest absolute Gasteiger partial charge is 0.176 e. The zero-order valence-corrected chi connectivity index (χ0v) is 17.5. The van der Waals surface area contributed by atoms with E-state index in [0.717, 1.165) is 5.56 Å². The minimum atomic E-state index is -1.70. The Balaban J connectivity index is 1.50. The zero-order chi connectivity index (χ0) is 22.0. The lowest BCUT2D eigenvalue weighted by atomic mass is 9.90. The minimum absolute atomic E-state index is 0.0303. The zero-order valence-electron chi connectivity index (χ0n) is 17.5. The molecule has 0 aromatic heterocycles. The molecule has 0 bridgehead atoms. The Hall–Kier alpha value is -2.63. The third kappa shape index (κ3) is 4.53. The molecule has 1 aliphatic heterocycles. The van der Waals surface area contributed by atoms with Crippen molar-refractivity contribution in [3.8, 4) is 11.1 Å². The largest absolute Gasteiger partial charge is 0.348 e. The Kier molecular flexibility index (Phi) is 6.44. The fourth-order valence-corrected chi connectivity index (χ4v) is 3.89. The van der Waals surface area contributed by atoms with Gasteiger partial charge in [0.1, 0.15) is 5.82 Å². The van der Waals surface area contributed by atoms with E-state index in [1.165, 1.54) is 6.07 Å². The lowest BCUT2D eigenvalue weighted by Gasteiger charge is -2.28. The molecule has 5 heteroatoms. The van der Waals surface area contributed by atoms with Gasteiger partial charge in [-0.3, -0.25) is 0 Å². The van der Waals surface area contributed by atoms with E-state index in [9.17, 15) is 13.2 Å². The minimum Gasteiger partial charge on any atom is -0.348 e. The molecule has 2 nitrogen and oxygen atoms in total. The first-order valence-electron chi connectivity index (χ1n) is 10.4. The highest BCUT2D eigenvalue weighted by Gasteiger charge is 2.29. The van der Waals surface area contributed by atoms with Gasteiger partial charge in [0, 0.05) is 11.5 Å². The molecule has 4 rings (SSSR count). The molecule has 2 atom stereocenters. The van der Waals surface area contributed by atoms with Crippen molar-refractivity contribution >= 4 is 5.57 Å². The highest BCUT2D eigenvalue weighted by Crippen LogP contribution is 2.34. The van der Waals surface area contributed by atoms with E-state index in [-0.39, 0.29) is 18.0 Å². The highest BCUT2D eigenvalue weighted by molar-refractivity contribution is 5.75. The maximum absolute atomic E-state index is 14.9. The molecule has 0 amide bonds. The number of allylic oxidation sites excluding steroid dienone is 5. The van der Waals surface area contributed by atoms with Crippen LogP contribution in [0.5, 0.6) is 0 Å². The van der Waals surface area contributed by atoms with E-state index in [0.29, 0.717) is 41.1 Å². The molecular formula is C26H25F3O2. The number of hydrogen-bond donors (Lipinski definition) is 0. The van der Waals surface area contributed by atoms with E-state index in [2.05, 4.69) is 0 Å². The molecule has 162 valence electrons. The van der Waals surface area contributed by atoms with Crippen LogP contribution in [-0.4, -0.2) is 31.8 Å². The summed E-state index contributed by atoms with van der Waals surface area (Å²) >= 11 is 0. The van der Waals surface area contributed by atoms with E-state index in [4.69, 9.17) is 9.47 Å². The molecule has 1 aliphatic carbocycles. The topological polar surface area (TPSA) is 18.5 Å². The number of hydrogen-bond acceptors (Lipinski definition) is 2. The summed E-state index contributed by atoms with van der Waals surface area (Å²) in [6.45, 7) is 4.40. The Morgan fingerprint density at radius 1 is 0.903 bits per heavy atom. The Morgan fingerprint density at radius 3 is 2.23 bits per heavy atom. The van der Waals surface area contributed by atoms with Gasteiger partial charge >= 0.3 is 0 Å². The molecule has 2 unspecified atom stereocenters. The van der Waals surface area contributed by atoms with Crippen LogP contribution in [-0.2, 0) is 9.47 Å². The van der Waals surface area contributed by atoms with Gasteiger partial charge in [0.2, 0.25) is 0 Å². The van der Waals surface area contributed by atoms with Crippen LogP contribution in [0.4, 0.5) is 13.2 Å². The standard InChI is InChI=1S/C26H25F3O2/c1-3-4-24-30-14-20(15-31-24)19-10-12-21(23(27)13-19)17-6-8-18(9-7-17)22-11-5-16(2)25(28)26(22)29/h3-13,20,24-26H,14-15H2,1-2H3/b4-3+. The van der Waals surface area contributed by atoms with Crippen LogP contribution in [0.3, 0.4) is 0 Å². The molecule has 2 aliphatic rings. The fourth-order valence-electron chi connectivity index (χ4n) is 3.89. The van der Waals surface area contributed by atoms with Crippen molar-refractivity contribution in [3.05, 3.63) is 89.3 Å². The third-order valence-electron chi connectivity index (χ3n) is 5.78. The summed E-state index contributed by atoms with van der Waals surface area (Å²) in [5.41, 5.74) is 3.21. The van der Waals surface area contributed by atoms with E-state index in [1.807, 2.05) is 25.1 Å². The van der Waals surface area contributed by atoms with Crippen molar-refractivity contribution in [1.29, 1.82) is 0 Å². The maximum atomic E-state index is 14.9. The normalized spacial score (nSPS) is 26.6. The summed E-state index contributed by atoms with van der Waals surface area (Å²) in [6, 6.07) is 12.0. The molecule has 0 radical (unpaired) electrons. The summed E-state index contributed by atoms with van der Waals surface area (Å²) in [4.78, 5) is 0.